The van der Waals surface area contributed by atoms with E-state index in [2.05, 4.69) is 22.2 Å². The lowest BCUT2D eigenvalue weighted by atomic mass is 10.3. The summed E-state index contributed by atoms with van der Waals surface area (Å²) in [4.78, 5) is 32.6. The van der Waals surface area contributed by atoms with Crippen molar-refractivity contribution in [2.24, 2.45) is 0 Å². The lowest BCUT2D eigenvalue weighted by Gasteiger charge is -2.14. The lowest BCUT2D eigenvalue weighted by Crippen LogP contribution is -2.24. The minimum absolute atomic E-state index is 0.184. The molecule has 2 aromatic rings. The van der Waals surface area contributed by atoms with Crippen molar-refractivity contribution in [1.29, 1.82) is 0 Å². The van der Waals surface area contributed by atoms with Crippen LogP contribution in [0.25, 0.3) is 11.2 Å². The molecular weight excluding hydrogens is 310 g/mol. The number of ether oxygens (including phenoxy) is 1. The summed E-state index contributed by atoms with van der Waals surface area (Å²) < 4.78 is 8.62. The highest BCUT2D eigenvalue weighted by molar-refractivity contribution is 5.84. The summed E-state index contributed by atoms with van der Waals surface area (Å²) in [5, 5.41) is 2.58. The third kappa shape index (κ3) is 3.93. The van der Waals surface area contributed by atoms with E-state index in [1.807, 2.05) is 13.8 Å². The molecule has 2 rings (SSSR count). The normalized spacial score (nSPS) is 11.0. The number of imidazole rings is 1. The predicted octanol–water partition coefficient (Wildman–Crippen LogP) is 2.76. The van der Waals surface area contributed by atoms with Gasteiger partial charge in [-0.1, -0.05) is 26.7 Å². The van der Waals surface area contributed by atoms with Gasteiger partial charge in [0, 0.05) is 13.1 Å². The molecule has 2 aromatic heterocycles. The van der Waals surface area contributed by atoms with Crippen LogP contribution in [-0.2, 0) is 17.8 Å². The zero-order valence-corrected chi connectivity index (χ0v) is 14.5. The highest BCUT2D eigenvalue weighted by atomic mass is 16.5. The molecule has 0 aliphatic carbocycles. The molecule has 132 valence electrons. The van der Waals surface area contributed by atoms with Crippen molar-refractivity contribution in [1.82, 2.24) is 19.1 Å². The van der Waals surface area contributed by atoms with Gasteiger partial charge in [-0.15, -0.1) is 0 Å². The van der Waals surface area contributed by atoms with Crippen LogP contribution in [-0.4, -0.2) is 31.8 Å². The van der Waals surface area contributed by atoms with Crippen LogP contribution in [0.3, 0.4) is 0 Å². The van der Waals surface area contributed by atoms with Crippen molar-refractivity contribution in [3.63, 3.8) is 0 Å². The van der Waals surface area contributed by atoms with Crippen molar-refractivity contribution in [2.45, 2.75) is 59.5 Å². The van der Waals surface area contributed by atoms with Crippen molar-refractivity contribution < 1.29 is 9.53 Å². The van der Waals surface area contributed by atoms with Crippen molar-refractivity contribution in [3.05, 3.63) is 16.7 Å². The molecule has 0 aromatic carbocycles. The summed E-state index contributed by atoms with van der Waals surface area (Å²) in [7, 11) is 0. The molecule has 0 atom stereocenters. The number of amides is 1. The topological polar surface area (TPSA) is 91.0 Å². The van der Waals surface area contributed by atoms with Crippen LogP contribution in [0.5, 0.6) is 0 Å². The third-order valence-electron chi connectivity index (χ3n) is 3.76. The van der Waals surface area contributed by atoms with E-state index in [4.69, 9.17) is 4.74 Å². The smallest absolute Gasteiger partial charge is 0.413 e. The van der Waals surface area contributed by atoms with Crippen LogP contribution < -0.4 is 10.9 Å². The number of hydrogen-bond acceptors (Lipinski definition) is 5. The number of fused-ring (bicyclic) bond motifs is 1. The number of aromatic nitrogens is 4. The van der Waals surface area contributed by atoms with Crippen LogP contribution >= 0.6 is 0 Å². The molecule has 0 unspecified atom stereocenters. The number of aryl methyl sites for hydroxylation is 2. The number of nitrogens with one attached hydrogen (secondary N) is 1. The fourth-order valence-electron chi connectivity index (χ4n) is 2.40. The Labute approximate surface area is 140 Å². The second-order valence-corrected chi connectivity index (χ2v) is 5.56. The van der Waals surface area contributed by atoms with Gasteiger partial charge < -0.3 is 9.30 Å². The largest absolute Gasteiger partial charge is 0.449 e. The first-order valence-corrected chi connectivity index (χ1v) is 8.51. The molecule has 1 N–H and O–H groups in total. The zero-order valence-electron chi connectivity index (χ0n) is 14.5. The van der Waals surface area contributed by atoms with Crippen LogP contribution in [0.1, 0.15) is 46.5 Å². The first kappa shape index (κ1) is 18.0. The number of hydrogen-bond donors (Lipinski definition) is 1. The molecular formula is C16H25N5O3. The Hall–Kier alpha value is -2.38. The molecule has 0 saturated heterocycles. The van der Waals surface area contributed by atoms with Crippen LogP contribution in [0, 0.1) is 0 Å². The number of unbranched alkanes of at least 4 members (excludes halogenated alkanes) is 2. The highest BCUT2D eigenvalue weighted by Gasteiger charge is 2.17. The van der Waals surface area contributed by atoms with Gasteiger partial charge in [0.25, 0.3) is 0 Å². The molecule has 0 aliphatic rings. The lowest BCUT2D eigenvalue weighted by molar-refractivity contribution is 0.159. The number of carbonyl (C=O) groups is 1. The molecule has 0 fully saturated rings. The van der Waals surface area contributed by atoms with Gasteiger partial charge >= 0.3 is 11.7 Å². The first-order chi connectivity index (χ1) is 11.6. The Morgan fingerprint density at radius 2 is 2.00 bits per heavy atom. The van der Waals surface area contributed by atoms with Gasteiger partial charge in [-0.3, -0.25) is 14.7 Å². The van der Waals surface area contributed by atoms with Crippen LogP contribution in [0.4, 0.5) is 10.7 Å². The minimum Gasteiger partial charge on any atom is -0.449 e. The maximum absolute atomic E-state index is 12.3. The average Bonchev–Trinajstić information content (AvgIpc) is 2.99. The van der Waals surface area contributed by atoms with Gasteiger partial charge in [0.1, 0.15) is 0 Å². The third-order valence-corrected chi connectivity index (χ3v) is 3.76. The van der Waals surface area contributed by atoms with E-state index in [-0.39, 0.29) is 5.95 Å². The van der Waals surface area contributed by atoms with Crippen molar-refractivity contribution in [3.8, 4) is 0 Å². The summed E-state index contributed by atoms with van der Waals surface area (Å²) in [6.07, 6.45) is 4.62. The second kappa shape index (κ2) is 8.47. The van der Waals surface area contributed by atoms with Crippen LogP contribution in [0.2, 0.25) is 0 Å². The predicted molar refractivity (Wildman–Crippen MR) is 92.2 cm³/mol. The van der Waals surface area contributed by atoms with E-state index in [1.54, 1.807) is 15.5 Å². The highest BCUT2D eigenvalue weighted by Crippen LogP contribution is 2.15. The van der Waals surface area contributed by atoms with E-state index in [0.717, 1.165) is 25.7 Å². The fraction of sp³-hybridized carbons (Fsp3) is 0.625. The molecule has 0 bridgehead atoms. The van der Waals surface area contributed by atoms with Crippen LogP contribution in [0.15, 0.2) is 11.1 Å². The Kier molecular flexibility index (Phi) is 6.34. The van der Waals surface area contributed by atoms with E-state index >= 15 is 0 Å². The Balaban J connectivity index is 2.37. The Morgan fingerprint density at radius 1 is 1.25 bits per heavy atom. The quantitative estimate of drug-likeness (QED) is 0.749. The van der Waals surface area contributed by atoms with E-state index in [0.29, 0.717) is 30.9 Å². The summed E-state index contributed by atoms with van der Waals surface area (Å²) in [6, 6.07) is 0. The number of carbonyl (C=O) groups excluding carboxylic acids is 1. The maximum atomic E-state index is 12.3. The van der Waals surface area contributed by atoms with Gasteiger partial charge in [0.2, 0.25) is 5.95 Å². The van der Waals surface area contributed by atoms with E-state index in [1.165, 1.54) is 0 Å². The zero-order chi connectivity index (χ0) is 17.5. The average molecular weight is 335 g/mol. The molecule has 0 saturated carbocycles. The summed E-state index contributed by atoms with van der Waals surface area (Å²) in [5.41, 5.74) is 0.591. The second-order valence-electron chi connectivity index (χ2n) is 5.56. The molecule has 0 radical (unpaired) electrons. The molecule has 2 heterocycles. The van der Waals surface area contributed by atoms with E-state index < -0.39 is 11.7 Å². The van der Waals surface area contributed by atoms with Gasteiger partial charge in [-0.25, -0.2) is 9.78 Å². The van der Waals surface area contributed by atoms with E-state index in [9.17, 15) is 9.59 Å². The van der Waals surface area contributed by atoms with Gasteiger partial charge in [-0.05, 0) is 19.8 Å². The first-order valence-electron chi connectivity index (χ1n) is 8.51. The fourth-order valence-corrected chi connectivity index (χ4v) is 2.40. The maximum Gasteiger partial charge on any atom is 0.413 e. The monoisotopic (exact) mass is 335 g/mol. The summed E-state index contributed by atoms with van der Waals surface area (Å²) in [6.45, 7) is 7.62. The molecule has 1 amide bonds. The number of rotatable bonds is 8. The van der Waals surface area contributed by atoms with Gasteiger partial charge in [0.05, 0.1) is 12.9 Å². The summed E-state index contributed by atoms with van der Waals surface area (Å²) >= 11 is 0. The molecule has 8 heteroatoms. The standard InChI is InChI=1S/C16H25N5O3/c1-4-7-9-21-13-12(20(6-3)11-17-13)14(22)18-15(21)19-16(23)24-10-8-5-2/h11H,4-10H2,1-3H3,(H,18,19,22,23). The number of anilines is 1. The molecule has 8 nitrogen and oxygen atoms in total. The summed E-state index contributed by atoms with van der Waals surface area (Å²) in [5.74, 6) is 0.184. The Morgan fingerprint density at radius 3 is 2.67 bits per heavy atom. The SMILES string of the molecule is CCCCOC(=O)Nc1nc(=O)c2c(ncn2CC)n1CCCC. The van der Waals surface area contributed by atoms with Crippen molar-refractivity contribution >= 4 is 23.2 Å². The van der Waals surface area contributed by atoms with Gasteiger partial charge in [-0.2, -0.15) is 4.98 Å². The molecule has 0 spiro atoms. The van der Waals surface area contributed by atoms with Gasteiger partial charge in [0.15, 0.2) is 11.2 Å². The Bertz CT molecular complexity index is 750. The molecule has 24 heavy (non-hydrogen) atoms. The minimum atomic E-state index is -0.602. The molecule has 0 aliphatic heterocycles. The van der Waals surface area contributed by atoms with Crippen molar-refractivity contribution in [2.75, 3.05) is 11.9 Å². The number of nitrogens with zero attached hydrogens (tertiary/aromatic N) is 4.